The lowest BCUT2D eigenvalue weighted by Gasteiger charge is -2.14. The summed E-state index contributed by atoms with van der Waals surface area (Å²) in [4.78, 5) is 34.5. The maximum atomic E-state index is 12.2. The van der Waals surface area contributed by atoms with Crippen LogP contribution in [0.3, 0.4) is 0 Å². The summed E-state index contributed by atoms with van der Waals surface area (Å²) in [5.74, 6) is -1.54. The number of nitrogens with zero attached hydrogens (tertiary/aromatic N) is 1. The lowest BCUT2D eigenvalue weighted by molar-refractivity contribution is -0.384. The number of rotatable bonds is 5. The first-order valence-electron chi connectivity index (χ1n) is 7.10. The molecule has 0 saturated heterocycles. The first-order valence-corrected chi connectivity index (χ1v) is 8.23. The number of carbonyl (C=O) groups is 2. The molecule has 1 atom stereocenters. The zero-order valence-corrected chi connectivity index (χ0v) is 15.4. The highest BCUT2D eigenvalue weighted by molar-refractivity contribution is 6.36. The van der Waals surface area contributed by atoms with E-state index in [9.17, 15) is 19.7 Å². The van der Waals surface area contributed by atoms with Crippen molar-refractivity contribution in [3.05, 3.63) is 67.1 Å². The molecule has 2 aromatic rings. The molecule has 0 saturated carbocycles. The van der Waals surface area contributed by atoms with Gasteiger partial charge in [-0.2, -0.15) is 0 Å². The van der Waals surface area contributed by atoms with Crippen LogP contribution in [-0.4, -0.2) is 22.9 Å². The number of halogens is 3. The Kier molecular flexibility index (Phi) is 6.42. The number of nitrogens with one attached hydrogen (secondary N) is 1. The van der Waals surface area contributed by atoms with E-state index in [-0.39, 0.29) is 27.0 Å². The van der Waals surface area contributed by atoms with Gasteiger partial charge in [-0.25, -0.2) is 4.79 Å². The largest absolute Gasteiger partial charge is 0.449 e. The molecular formula is C16H11Cl3N2O5. The molecule has 0 aromatic heterocycles. The Hall–Kier alpha value is -2.35. The van der Waals surface area contributed by atoms with Gasteiger partial charge in [0.05, 0.1) is 26.2 Å². The zero-order valence-electron chi connectivity index (χ0n) is 13.2. The average molecular weight is 418 g/mol. The number of non-ortho nitro benzene ring substituents is 1. The zero-order chi connectivity index (χ0) is 19.4. The highest BCUT2D eigenvalue weighted by Gasteiger charge is 2.22. The van der Waals surface area contributed by atoms with Gasteiger partial charge in [-0.1, -0.05) is 34.8 Å². The van der Waals surface area contributed by atoms with Crippen LogP contribution in [0.4, 0.5) is 11.4 Å². The molecule has 0 bridgehead atoms. The summed E-state index contributed by atoms with van der Waals surface area (Å²) in [6.45, 7) is 1.34. The van der Waals surface area contributed by atoms with Crippen LogP contribution < -0.4 is 5.32 Å². The minimum absolute atomic E-state index is 0.0262. The van der Waals surface area contributed by atoms with Crippen LogP contribution in [0.25, 0.3) is 0 Å². The van der Waals surface area contributed by atoms with Crippen molar-refractivity contribution in [3.63, 3.8) is 0 Å². The summed E-state index contributed by atoms with van der Waals surface area (Å²) in [7, 11) is 0. The van der Waals surface area contributed by atoms with Gasteiger partial charge < -0.3 is 10.1 Å². The monoisotopic (exact) mass is 416 g/mol. The fourth-order valence-electron chi connectivity index (χ4n) is 1.89. The number of ether oxygens (including phenoxy) is 1. The van der Waals surface area contributed by atoms with Crippen molar-refractivity contribution in [3.8, 4) is 0 Å². The van der Waals surface area contributed by atoms with Crippen molar-refractivity contribution in [2.75, 3.05) is 5.32 Å². The van der Waals surface area contributed by atoms with Gasteiger partial charge in [-0.15, -0.1) is 0 Å². The van der Waals surface area contributed by atoms with Crippen molar-refractivity contribution < 1.29 is 19.2 Å². The number of nitro benzene ring substituents is 1. The molecule has 0 spiro atoms. The van der Waals surface area contributed by atoms with Gasteiger partial charge in [0.25, 0.3) is 11.6 Å². The lowest BCUT2D eigenvalue weighted by Crippen LogP contribution is -2.30. The second-order valence-electron chi connectivity index (χ2n) is 5.08. The molecule has 2 rings (SSSR count). The quantitative estimate of drug-likeness (QED) is 0.430. The summed E-state index contributed by atoms with van der Waals surface area (Å²) in [5, 5.41) is 13.7. The Morgan fingerprint density at radius 2 is 1.81 bits per heavy atom. The molecule has 0 aliphatic rings. The fraction of sp³-hybridized carbons (Fsp3) is 0.125. The van der Waals surface area contributed by atoms with Crippen LogP contribution in [0.15, 0.2) is 36.4 Å². The van der Waals surface area contributed by atoms with E-state index in [1.807, 2.05) is 0 Å². The number of nitro groups is 1. The van der Waals surface area contributed by atoms with E-state index in [0.717, 1.165) is 6.07 Å². The Balaban J connectivity index is 2.09. The van der Waals surface area contributed by atoms with E-state index in [2.05, 4.69) is 5.32 Å². The second-order valence-corrected chi connectivity index (χ2v) is 6.33. The van der Waals surface area contributed by atoms with Crippen LogP contribution >= 0.6 is 34.8 Å². The molecule has 10 heteroatoms. The molecule has 7 nitrogen and oxygen atoms in total. The number of amides is 1. The summed E-state index contributed by atoms with van der Waals surface area (Å²) in [6.07, 6.45) is -1.20. The molecule has 2 aromatic carbocycles. The van der Waals surface area contributed by atoms with Crippen LogP contribution in [0.1, 0.15) is 17.3 Å². The second kappa shape index (κ2) is 8.35. The number of carbonyl (C=O) groups excluding carboxylic acids is 2. The minimum atomic E-state index is -1.20. The lowest BCUT2D eigenvalue weighted by atomic mass is 10.2. The molecule has 0 aliphatic carbocycles. The fourth-order valence-corrected chi connectivity index (χ4v) is 2.54. The number of anilines is 1. The predicted octanol–water partition coefficient (Wildman–Crippen LogP) is 4.74. The number of esters is 1. The van der Waals surface area contributed by atoms with Crippen LogP contribution in [-0.2, 0) is 9.53 Å². The van der Waals surface area contributed by atoms with Gasteiger partial charge in [0.1, 0.15) is 0 Å². The smallest absolute Gasteiger partial charge is 0.340 e. The number of hydrogen-bond acceptors (Lipinski definition) is 5. The van der Waals surface area contributed by atoms with Crippen molar-refractivity contribution in [2.45, 2.75) is 13.0 Å². The molecule has 0 fully saturated rings. The Morgan fingerprint density at radius 1 is 1.12 bits per heavy atom. The van der Waals surface area contributed by atoms with E-state index in [4.69, 9.17) is 39.5 Å². The molecule has 0 radical (unpaired) electrons. The highest BCUT2D eigenvalue weighted by atomic mass is 35.5. The molecule has 26 heavy (non-hydrogen) atoms. The topological polar surface area (TPSA) is 98.5 Å². The molecule has 136 valence electrons. The summed E-state index contributed by atoms with van der Waals surface area (Å²) in [5.41, 5.74) is -0.176. The summed E-state index contributed by atoms with van der Waals surface area (Å²) < 4.78 is 5.05. The van der Waals surface area contributed by atoms with E-state index in [1.165, 1.54) is 37.3 Å². The molecule has 1 unspecified atom stereocenters. The number of hydrogen-bond donors (Lipinski definition) is 1. The third kappa shape index (κ3) is 4.85. The molecular weight excluding hydrogens is 407 g/mol. The first kappa shape index (κ1) is 20.0. The summed E-state index contributed by atoms with van der Waals surface area (Å²) in [6, 6.07) is 7.77. The Morgan fingerprint density at radius 3 is 2.42 bits per heavy atom. The number of benzene rings is 2. The van der Waals surface area contributed by atoms with E-state index in [0.29, 0.717) is 5.02 Å². The first-order chi connectivity index (χ1) is 12.2. The maximum absolute atomic E-state index is 12.2. The predicted molar refractivity (Wildman–Crippen MR) is 98.1 cm³/mol. The van der Waals surface area contributed by atoms with Crippen LogP contribution in [0.2, 0.25) is 15.1 Å². The Bertz CT molecular complexity index is 888. The van der Waals surface area contributed by atoms with Crippen molar-refractivity contribution in [1.82, 2.24) is 0 Å². The van der Waals surface area contributed by atoms with E-state index < -0.39 is 22.9 Å². The summed E-state index contributed by atoms with van der Waals surface area (Å²) >= 11 is 17.6. The molecule has 0 heterocycles. The maximum Gasteiger partial charge on any atom is 0.340 e. The van der Waals surface area contributed by atoms with Crippen molar-refractivity contribution in [1.29, 1.82) is 0 Å². The van der Waals surface area contributed by atoms with Gasteiger partial charge in [0.15, 0.2) is 6.10 Å². The third-order valence-electron chi connectivity index (χ3n) is 3.22. The van der Waals surface area contributed by atoms with Crippen LogP contribution in [0, 0.1) is 10.1 Å². The molecule has 1 amide bonds. The minimum Gasteiger partial charge on any atom is -0.449 e. The normalized spacial score (nSPS) is 11.5. The van der Waals surface area contributed by atoms with Gasteiger partial charge in [-0.05, 0) is 31.2 Å². The van der Waals surface area contributed by atoms with Crippen molar-refractivity contribution in [2.24, 2.45) is 0 Å². The van der Waals surface area contributed by atoms with E-state index >= 15 is 0 Å². The average Bonchev–Trinajstić information content (AvgIpc) is 2.56. The molecule has 1 N–H and O–H groups in total. The van der Waals surface area contributed by atoms with Crippen molar-refractivity contribution >= 4 is 58.1 Å². The van der Waals surface area contributed by atoms with Gasteiger partial charge in [0, 0.05) is 17.2 Å². The Labute approximate surface area is 162 Å². The SMILES string of the molecule is CC(OC(=O)c1ccc(Cl)cc1Cl)C(=O)Nc1cc([N+](=O)[O-])ccc1Cl. The van der Waals surface area contributed by atoms with E-state index in [1.54, 1.807) is 0 Å². The highest BCUT2D eigenvalue weighted by Crippen LogP contribution is 2.27. The van der Waals surface area contributed by atoms with Gasteiger partial charge >= 0.3 is 5.97 Å². The van der Waals surface area contributed by atoms with Crippen LogP contribution in [0.5, 0.6) is 0 Å². The third-order valence-corrected chi connectivity index (χ3v) is 4.10. The molecule has 0 aliphatic heterocycles. The standard InChI is InChI=1S/C16H11Cl3N2O5/c1-8(26-16(23)11-4-2-9(17)6-13(11)19)15(22)20-14-7-10(21(24)25)3-5-12(14)18/h2-8H,1H3,(H,20,22). The van der Waals surface area contributed by atoms with Gasteiger partial charge in [0.2, 0.25) is 0 Å². The van der Waals surface area contributed by atoms with Gasteiger partial charge in [-0.3, -0.25) is 14.9 Å².